The van der Waals surface area contributed by atoms with Gasteiger partial charge in [0.1, 0.15) is 12.2 Å². The molecule has 0 bridgehead atoms. The van der Waals surface area contributed by atoms with E-state index in [-0.39, 0.29) is 32.2 Å². The molecule has 0 aromatic carbocycles. The number of carbonyl (C=O) groups is 1. The Kier molecular flexibility index (Phi) is 4.25. The van der Waals surface area contributed by atoms with Crippen molar-refractivity contribution >= 4 is 33.0 Å². The maximum atomic E-state index is 12.1. The van der Waals surface area contributed by atoms with Crippen LogP contribution in [-0.4, -0.2) is 69.9 Å². The molecule has 1 amide bonds. The van der Waals surface area contributed by atoms with Gasteiger partial charge in [0.05, 0.1) is 31.7 Å². The minimum Gasteiger partial charge on any atom is -0.377 e. The molecule has 122 valence electrons. The van der Waals surface area contributed by atoms with E-state index in [4.69, 9.17) is 9.47 Å². The summed E-state index contributed by atoms with van der Waals surface area (Å²) in [5, 5.41) is 3.79. The van der Waals surface area contributed by atoms with Gasteiger partial charge in [-0.25, -0.2) is 8.42 Å². The predicted octanol–water partition coefficient (Wildman–Crippen LogP) is 0.142. The molecule has 3 heterocycles. The third-order valence-electron chi connectivity index (χ3n) is 3.85. The van der Waals surface area contributed by atoms with E-state index in [2.05, 4.69) is 0 Å². The second kappa shape index (κ2) is 5.89. The number of sulfonamides is 1. The first-order chi connectivity index (χ1) is 10.4. The lowest BCUT2D eigenvalue weighted by atomic mass is 10.0. The quantitative estimate of drug-likeness (QED) is 0.761. The molecule has 0 N–H and O–H groups in total. The average molecular weight is 346 g/mol. The molecular weight excluding hydrogens is 328 g/mol. The second-order valence-corrected chi connectivity index (χ2v) is 8.34. The first-order valence-electron chi connectivity index (χ1n) is 6.89. The van der Waals surface area contributed by atoms with Gasteiger partial charge in [-0.1, -0.05) is 0 Å². The first kappa shape index (κ1) is 15.9. The van der Waals surface area contributed by atoms with Crippen molar-refractivity contribution < 1.29 is 22.7 Å². The van der Waals surface area contributed by atoms with E-state index in [1.54, 1.807) is 4.90 Å². The lowest BCUT2D eigenvalue weighted by Gasteiger charge is -2.42. The number of thiophene rings is 1. The van der Waals surface area contributed by atoms with Crippen LogP contribution in [-0.2, 0) is 24.3 Å². The van der Waals surface area contributed by atoms with Crippen LogP contribution in [0.3, 0.4) is 0 Å². The fourth-order valence-corrected chi connectivity index (χ4v) is 4.22. The number of nitrogens with zero attached hydrogens (tertiary/aromatic N) is 2. The summed E-state index contributed by atoms with van der Waals surface area (Å²) in [5.41, 5.74) is -0.0112. The molecule has 0 aliphatic carbocycles. The molecule has 1 aromatic rings. The molecule has 2 aliphatic heterocycles. The van der Waals surface area contributed by atoms with Crippen LogP contribution in [0.4, 0.5) is 5.69 Å². The van der Waals surface area contributed by atoms with Gasteiger partial charge in [0.2, 0.25) is 10.0 Å². The zero-order valence-electron chi connectivity index (χ0n) is 12.2. The predicted molar refractivity (Wildman–Crippen MR) is 82.6 cm³/mol. The molecule has 2 saturated heterocycles. The molecule has 0 saturated carbocycles. The van der Waals surface area contributed by atoms with Gasteiger partial charge in [0, 0.05) is 18.5 Å². The van der Waals surface area contributed by atoms with Gasteiger partial charge in [-0.15, -0.1) is 0 Å². The highest BCUT2D eigenvalue weighted by atomic mass is 32.2. The standard InChI is InChI=1S/C13H18N2O5S2/c1-22(17,18)14-3-4-19-10-13(8-14)9-15(12(16)6-20-13)11-2-5-21-7-11/h2,5,7H,3-4,6,8-10H2,1H3/t13-/m1/s1. The normalized spacial score (nSPS) is 28.0. The Labute approximate surface area is 133 Å². The van der Waals surface area contributed by atoms with E-state index in [1.807, 2.05) is 16.8 Å². The molecule has 1 spiro atoms. The minimum absolute atomic E-state index is 0.0726. The van der Waals surface area contributed by atoms with E-state index in [9.17, 15) is 13.2 Å². The number of amides is 1. The summed E-state index contributed by atoms with van der Waals surface area (Å²) in [6.45, 7) is 1.30. The van der Waals surface area contributed by atoms with Crippen LogP contribution in [0.2, 0.25) is 0 Å². The number of hydrogen-bond acceptors (Lipinski definition) is 6. The van der Waals surface area contributed by atoms with Crippen LogP contribution in [0, 0.1) is 0 Å². The largest absolute Gasteiger partial charge is 0.377 e. The first-order valence-corrected chi connectivity index (χ1v) is 9.68. The molecule has 0 unspecified atom stereocenters. The van der Waals surface area contributed by atoms with E-state index in [1.165, 1.54) is 21.9 Å². The van der Waals surface area contributed by atoms with Gasteiger partial charge in [-0.3, -0.25) is 4.79 Å². The molecule has 22 heavy (non-hydrogen) atoms. The summed E-state index contributed by atoms with van der Waals surface area (Å²) in [5.74, 6) is -0.126. The van der Waals surface area contributed by atoms with E-state index in [0.29, 0.717) is 13.2 Å². The fourth-order valence-electron chi connectivity index (χ4n) is 2.70. The van der Waals surface area contributed by atoms with Crippen LogP contribution in [0.15, 0.2) is 16.8 Å². The van der Waals surface area contributed by atoms with Gasteiger partial charge in [-0.05, 0) is 11.4 Å². The molecule has 0 radical (unpaired) electrons. The average Bonchev–Trinajstić information content (AvgIpc) is 2.90. The van der Waals surface area contributed by atoms with Crippen molar-refractivity contribution in [2.45, 2.75) is 5.60 Å². The zero-order chi connectivity index (χ0) is 15.8. The summed E-state index contributed by atoms with van der Waals surface area (Å²) >= 11 is 1.51. The number of anilines is 1. The monoisotopic (exact) mass is 346 g/mol. The topological polar surface area (TPSA) is 76.2 Å². The number of hydrogen-bond donors (Lipinski definition) is 0. The van der Waals surface area contributed by atoms with Crippen molar-refractivity contribution in [2.24, 2.45) is 0 Å². The summed E-state index contributed by atoms with van der Waals surface area (Å²) < 4.78 is 36.4. The van der Waals surface area contributed by atoms with E-state index < -0.39 is 15.6 Å². The zero-order valence-corrected chi connectivity index (χ0v) is 13.9. The SMILES string of the molecule is CS(=O)(=O)N1CCOC[C@]2(CN(c3ccsc3)C(=O)CO2)C1. The van der Waals surface area contributed by atoms with Crippen LogP contribution < -0.4 is 4.90 Å². The summed E-state index contributed by atoms with van der Waals surface area (Å²) in [6.07, 6.45) is 1.18. The Hall–Kier alpha value is -1.00. The third-order valence-corrected chi connectivity index (χ3v) is 5.77. The van der Waals surface area contributed by atoms with Crippen molar-refractivity contribution in [1.82, 2.24) is 4.31 Å². The third kappa shape index (κ3) is 3.18. The Balaban J connectivity index is 1.86. The highest BCUT2D eigenvalue weighted by Gasteiger charge is 2.44. The molecule has 1 atom stereocenters. The van der Waals surface area contributed by atoms with E-state index >= 15 is 0 Å². The number of carbonyl (C=O) groups excluding carboxylic acids is 1. The fraction of sp³-hybridized carbons (Fsp3) is 0.615. The van der Waals surface area contributed by atoms with Crippen LogP contribution >= 0.6 is 11.3 Å². The van der Waals surface area contributed by atoms with Crippen molar-refractivity contribution in [3.05, 3.63) is 16.8 Å². The molecular formula is C13H18N2O5S2. The van der Waals surface area contributed by atoms with Gasteiger partial charge in [0.25, 0.3) is 5.91 Å². The number of morpholine rings is 1. The Bertz CT molecular complexity index is 645. The van der Waals surface area contributed by atoms with Crippen LogP contribution in [0.25, 0.3) is 0 Å². The van der Waals surface area contributed by atoms with Gasteiger partial charge >= 0.3 is 0 Å². The summed E-state index contributed by atoms with van der Waals surface area (Å²) in [7, 11) is -3.34. The van der Waals surface area contributed by atoms with E-state index in [0.717, 1.165) is 5.69 Å². The number of rotatable bonds is 2. The van der Waals surface area contributed by atoms with Crippen LogP contribution in [0.1, 0.15) is 0 Å². The molecule has 9 heteroatoms. The van der Waals surface area contributed by atoms with Crippen molar-refractivity contribution in [3.8, 4) is 0 Å². The molecule has 1 aromatic heterocycles. The lowest BCUT2D eigenvalue weighted by Crippen LogP contribution is -2.61. The Morgan fingerprint density at radius 2 is 2.18 bits per heavy atom. The molecule has 7 nitrogen and oxygen atoms in total. The minimum atomic E-state index is -3.34. The maximum Gasteiger partial charge on any atom is 0.253 e. The second-order valence-electron chi connectivity index (χ2n) is 5.58. The summed E-state index contributed by atoms with van der Waals surface area (Å²) in [4.78, 5) is 13.8. The van der Waals surface area contributed by atoms with Gasteiger partial charge in [0.15, 0.2) is 0 Å². The maximum absolute atomic E-state index is 12.1. The lowest BCUT2D eigenvalue weighted by molar-refractivity contribution is -0.145. The highest BCUT2D eigenvalue weighted by molar-refractivity contribution is 7.88. The van der Waals surface area contributed by atoms with Crippen molar-refractivity contribution in [1.29, 1.82) is 0 Å². The number of ether oxygens (including phenoxy) is 2. The summed E-state index contributed by atoms with van der Waals surface area (Å²) in [6, 6.07) is 1.87. The van der Waals surface area contributed by atoms with Gasteiger partial charge < -0.3 is 14.4 Å². The van der Waals surface area contributed by atoms with Crippen molar-refractivity contribution in [2.75, 3.05) is 50.6 Å². The van der Waals surface area contributed by atoms with Crippen LogP contribution in [0.5, 0.6) is 0 Å². The van der Waals surface area contributed by atoms with Crippen molar-refractivity contribution in [3.63, 3.8) is 0 Å². The van der Waals surface area contributed by atoms with Gasteiger partial charge in [-0.2, -0.15) is 15.6 Å². The molecule has 3 rings (SSSR count). The molecule has 2 aliphatic rings. The highest BCUT2D eigenvalue weighted by Crippen LogP contribution is 2.28. The Morgan fingerprint density at radius 3 is 2.86 bits per heavy atom. The molecule has 2 fully saturated rings. The smallest absolute Gasteiger partial charge is 0.253 e. The Morgan fingerprint density at radius 1 is 1.36 bits per heavy atom.